The molecule has 0 amide bonds. The standard InChI is InChI=1S/C17H23BCl2O4/c1-6-22-14(21)10-11(15-12(19)8-7-9-13(15)20)18-23-16(2,3)17(4,5)24-18/h7-9,11H,6,10H2,1-5H3. The Bertz CT molecular complexity index is 582. The molecule has 2 rings (SSSR count). The van der Waals surface area contributed by atoms with Gasteiger partial charge in [0, 0.05) is 15.9 Å². The van der Waals surface area contributed by atoms with Crippen LogP contribution in [0.1, 0.15) is 52.4 Å². The van der Waals surface area contributed by atoms with E-state index in [0.717, 1.165) is 0 Å². The van der Waals surface area contributed by atoms with E-state index in [4.69, 9.17) is 37.2 Å². The lowest BCUT2D eigenvalue weighted by atomic mass is 9.66. The van der Waals surface area contributed by atoms with Crippen LogP contribution in [0.4, 0.5) is 0 Å². The maximum atomic E-state index is 12.1. The maximum absolute atomic E-state index is 12.1. The Morgan fingerprint density at radius 1 is 1.17 bits per heavy atom. The van der Waals surface area contributed by atoms with Crippen LogP contribution in [0.2, 0.25) is 10.0 Å². The van der Waals surface area contributed by atoms with Gasteiger partial charge in [-0.25, -0.2) is 0 Å². The summed E-state index contributed by atoms with van der Waals surface area (Å²) in [6.45, 7) is 9.92. The zero-order chi connectivity index (χ0) is 18.1. The lowest BCUT2D eigenvalue weighted by Gasteiger charge is -2.32. The highest BCUT2D eigenvalue weighted by atomic mass is 35.5. The second-order valence-electron chi connectivity index (χ2n) is 6.88. The fourth-order valence-electron chi connectivity index (χ4n) is 2.65. The van der Waals surface area contributed by atoms with Crippen LogP contribution in [0, 0.1) is 0 Å². The molecule has 1 aliphatic heterocycles. The summed E-state index contributed by atoms with van der Waals surface area (Å²) in [6.07, 6.45) is 0.0775. The Labute approximate surface area is 153 Å². The first-order valence-corrected chi connectivity index (χ1v) is 8.80. The van der Waals surface area contributed by atoms with Gasteiger partial charge in [-0.15, -0.1) is 0 Å². The van der Waals surface area contributed by atoms with Gasteiger partial charge in [-0.2, -0.15) is 0 Å². The monoisotopic (exact) mass is 372 g/mol. The second kappa shape index (κ2) is 7.24. The van der Waals surface area contributed by atoms with E-state index >= 15 is 0 Å². The van der Waals surface area contributed by atoms with Crippen LogP contribution in [0.25, 0.3) is 0 Å². The number of esters is 1. The van der Waals surface area contributed by atoms with Crippen LogP contribution in [-0.4, -0.2) is 30.9 Å². The van der Waals surface area contributed by atoms with Crippen LogP contribution in [0.3, 0.4) is 0 Å². The van der Waals surface area contributed by atoms with E-state index in [0.29, 0.717) is 22.2 Å². The van der Waals surface area contributed by atoms with Crippen LogP contribution in [0.15, 0.2) is 18.2 Å². The molecule has 0 radical (unpaired) electrons. The number of halogens is 2. The average Bonchev–Trinajstić information content (AvgIpc) is 2.66. The smallest absolute Gasteiger partial charge is 0.466 e. The first-order chi connectivity index (χ1) is 11.1. The Hall–Kier alpha value is -0.745. The van der Waals surface area contributed by atoms with Crippen LogP contribution in [-0.2, 0) is 18.8 Å². The normalized spacial score (nSPS) is 20.0. The van der Waals surface area contributed by atoms with Gasteiger partial charge in [0.15, 0.2) is 0 Å². The molecular formula is C17H23BCl2O4. The summed E-state index contributed by atoms with van der Waals surface area (Å²) in [5.74, 6) is -0.792. The van der Waals surface area contributed by atoms with Gasteiger partial charge >= 0.3 is 13.1 Å². The third kappa shape index (κ3) is 3.91. The molecule has 0 bridgehead atoms. The minimum absolute atomic E-state index is 0.0775. The molecule has 0 saturated carbocycles. The van der Waals surface area contributed by atoms with Crippen molar-refractivity contribution in [3.63, 3.8) is 0 Å². The lowest BCUT2D eigenvalue weighted by Crippen LogP contribution is -2.41. The topological polar surface area (TPSA) is 44.8 Å². The molecule has 132 valence electrons. The van der Waals surface area contributed by atoms with Crippen LogP contribution >= 0.6 is 23.2 Å². The van der Waals surface area contributed by atoms with E-state index < -0.39 is 24.1 Å². The van der Waals surface area contributed by atoms with E-state index in [9.17, 15) is 4.79 Å². The predicted octanol–water partition coefficient (Wildman–Crippen LogP) is 4.66. The fourth-order valence-corrected chi connectivity index (χ4v) is 3.33. The highest BCUT2D eigenvalue weighted by Crippen LogP contribution is 2.44. The average molecular weight is 373 g/mol. The van der Waals surface area contributed by atoms with Gasteiger partial charge in [0.25, 0.3) is 0 Å². The zero-order valence-electron chi connectivity index (χ0n) is 14.7. The molecule has 7 heteroatoms. The summed E-state index contributed by atoms with van der Waals surface area (Å²) in [7, 11) is -0.642. The molecule has 0 aromatic heterocycles. The second-order valence-corrected chi connectivity index (χ2v) is 7.69. The van der Waals surface area contributed by atoms with Crippen molar-refractivity contribution in [2.45, 2.75) is 58.1 Å². The molecule has 1 heterocycles. The van der Waals surface area contributed by atoms with Crippen molar-refractivity contribution >= 4 is 36.3 Å². The van der Waals surface area contributed by atoms with Crippen LogP contribution in [0.5, 0.6) is 0 Å². The van der Waals surface area contributed by atoms with E-state index in [2.05, 4.69) is 0 Å². The van der Waals surface area contributed by atoms with Gasteiger partial charge in [0.2, 0.25) is 0 Å². The van der Waals surface area contributed by atoms with Crippen LogP contribution < -0.4 is 0 Å². The van der Waals surface area contributed by atoms with Gasteiger partial charge in [-0.05, 0) is 52.3 Å². The number of hydrogen-bond acceptors (Lipinski definition) is 4. The Morgan fingerprint density at radius 2 is 1.67 bits per heavy atom. The zero-order valence-corrected chi connectivity index (χ0v) is 16.2. The molecule has 0 N–H and O–H groups in total. The Balaban J connectivity index is 2.40. The SMILES string of the molecule is CCOC(=O)CC(B1OC(C)(C)C(C)(C)O1)c1c(Cl)cccc1Cl. The third-order valence-electron chi connectivity index (χ3n) is 4.66. The van der Waals surface area contributed by atoms with Crippen molar-refractivity contribution in [1.82, 2.24) is 0 Å². The lowest BCUT2D eigenvalue weighted by molar-refractivity contribution is -0.143. The quantitative estimate of drug-likeness (QED) is 0.556. The number of hydrogen-bond donors (Lipinski definition) is 0. The molecular weight excluding hydrogens is 350 g/mol. The van der Waals surface area contributed by atoms with Crippen molar-refractivity contribution in [3.8, 4) is 0 Å². The third-order valence-corrected chi connectivity index (χ3v) is 5.32. The summed E-state index contributed by atoms with van der Waals surface area (Å²) in [4.78, 5) is 12.1. The minimum Gasteiger partial charge on any atom is -0.466 e. The Kier molecular flexibility index (Phi) is 5.91. The summed E-state index contributed by atoms with van der Waals surface area (Å²) in [5.41, 5.74) is -0.385. The van der Waals surface area contributed by atoms with Gasteiger partial charge in [0.05, 0.1) is 24.2 Å². The molecule has 1 aliphatic rings. The molecule has 0 aliphatic carbocycles. The number of rotatable bonds is 5. The van der Waals surface area contributed by atoms with E-state index in [1.54, 1.807) is 25.1 Å². The summed E-state index contributed by atoms with van der Waals surface area (Å²) >= 11 is 12.7. The number of ether oxygens (including phenoxy) is 1. The first kappa shape index (κ1) is 19.6. The van der Waals surface area contributed by atoms with Gasteiger partial charge in [-0.3, -0.25) is 4.79 Å². The van der Waals surface area contributed by atoms with Crippen molar-refractivity contribution in [1.29, 1.82) is 0 Å². The molecule has 1 atom stereocenters. The minimum atomic E-state index is -0.642. The Morgan fingerprint density at radius 3 is 2.12 bits per heavy atom. The molecule has 1 unspecified atom stereocenters. The van der Waals surface area contributed by atoms with Gasteiger partial charge < -0.3 is 14.0 Å². The van der Waals surface area contributed by atoms with Crippen molar-refractivity contribution in [2.75, 3.05) is 6.61 Å². The number of benzene rings is 1. The predicted molar refractivity (Wildman–Crippen MR) is 96.5 cm³/mol. The van der Waals surface area contributed by atoms with E-state index in [1.807, 2.05) is 27.7 Å². The summed E-state index contributed by atoms with van der Waals surface area (Å²) < 4.78 is 17.3. The largest absolute Gasteiger partial charge is 0.466 e. The molecule has 1 fully saturated rings. The maximum Gasteiger partial charge on any atom is 0.466 e. The first-order valence-electron chi connectivity index (χ1n) is 8.04. The van der Waals surface area contributed by atoms with Gasteiger partial charge in [-0.1, -0.05) is 29.3 Å². The molecule has 4 nitrogen and oxygen atoms in total. The van der Waals surface area contributed by atoms with Crippen molar-refractivity contribution in [3.05, 3.63) is 33.8 Å². The van der Waals surface area contributed by atoms with Crippen molar-refractivity contribution in [2.24, 2.45) is 0 Å². The summed E-state index contributed by atoms with van der Waals surface area (Å²) in [6, 6.07) is 5.25. The van der Waals surface area contributed by atoms with E-state index in [1.165, 1.54) is 0 Å². The number of carbonyl (C=O) groups excluding carboxylic acids is 1. The van der Waals surface area contributed by atoms with Crippen molar-refractivity contribution < 1.29 is 18.8 Å². The highest BCUT2D eigenvalue weighted by molar-refractivity contribution is 6.49. The molecule has 24 heavy (non-hydrogen) atoms. The molecule has 1 saturated heterocycles. The fraction of sp³-hybridized carbons (Fsp3) is 0.588. The van der Waals surface area contributed by atoms with E-state index in [-0.39, 0.29) is 12.4 Å². The van der Waals surface area contributed by atoms with Gasteiger partial charge in [0.1, 0.15) is 0 Å². The molecule has 1 aromatic rings. The molecule has 1 aromatic carbocycles. The number of carbonyl (C=O) groups is 1. The molecule has 0 spiro atoms. The summed E-state index contributed by atoms with van der Waals surface area (Å²) in [5, 5.41) is 0.957. The highest BCUT2D eigenvalue weighted by Gasteiger charge is 2.54.